The second kappa shape index (κ2) is 6.14. The van der Waals surface area contributed by atoms with Gasteiger partial charge in [0.2, 0.25) is 0 Å². The number of benzene rings is 1. The van der Waals surface area contributed by atoms with Crippen molar-refractivity contribution in [1.82, 2.24) is 5.32 Å². The Morgan fingerprint density at radius 3 is 2.56 bits per heavy atom. The number of aryl methyl sites for hydroxylation is 2. The highest BCUT2D eigenvalue weighted by atomic mass is 16.1. The Balaban J connectivity index is 2.67. The third kappa shape index (κ3) is 4.26. The van der Waals surface area contributed by atoms with Gasteiger partial charge in [-0.2, -0.15) is 0 Å². The van der Waals surface area contributed by atoms with Gasteiger partial charge in [0.05, 0.1) is 0 Å². The molecule has 0 aliphatic heterocycles. The van der Waals surface area contributed by atoms with Crippen molar-refractivity contribution in [2.75, 3.05) is 13.1 Å². The molecule has 1 N–H and O–H groups in total. The first-order valence-electron chi connectivity index (χ1n) is 6.61. The molecule has 0 saturated carbocycles. The minimum absolute atomic E-state index is 0.0902. The predicted octanol–water partition coefficient (Wildman–Crippen LogP) is 3.15. The zero-order chi connectivity index (χ0) is 13.8. The average molecular weight is 247 g/mol. The zero-order valence-corrected chi connectivity index (χ0v) is 12.3. The van der Waals surface area contributed by atoms with Gasteiger partial charge in [0, 0.05) is 24.9 Å². The van der Waals surface area contributed by atoms with Crippen LogP contribution < -0.4 is 5.32 Å². The van der Waals surface area contributed by atoms with Crippen LogP contribution in [-0.4, -0.2) is 18.9 Å². The molecule has 0 aliphatic carbocycles. The van der Waals surface area contributed by atoms with Gasteiger partial charge >= 0.3 is 0 Å². The fraction of sp³-hybridized carbons (Fsp3) is 0.562. The van der Waals surface area contributed by atoms with Crippen molar-refractivity contribution >= 4 is 5.78 Å². The molecule has 0 unspecified atom stereocenters. The first kappa shape index (κ1) is 14.9. The Bertz CT molecular complexity index is 421. The second-order valence-corrected chi connectivity index (χ2v) is 5.83. The molecule has 0 saturated heterocycles. The van der Waals surface area contributed by atoms with Crippen molar-refractivity contribution in [3.8, 4) is 0 Å². The molecule has 0 aromatic heterocycles. The van der Waals surface area contributed by atoms with Crippen molar-refractivity contribution in [3.05, 3.63) is 34.9 Å². The van der Waals surface area contributed by atoms with Gasteiger partial charge in [0.1, 0.15) is 5.78 Å². The van der Waals surface area contributed by atoms with E-state index < -0.39 is 0 Å². The fourth-order valence-corrected chi connectivity index (χ4v) is 2.23. The van der Waals surface area contributed by atoms with E-state index >= 15 is 0 Å². The molecule has 1 aromatic rings. The van der Waals surface area contributed by atoms with Gasteiger partial charge in [-0.15, -0.1) is 0 Å². The number of carbonyl (C=O) groups excluding carboxylic acids is 1. The summed E-state index contributed by atoms with van der Waals surface area (Å²) in [4.78, 5) is 10.9. The van der Waals surface area contributed by atoms with E-state index in [4.69, 9.17) is 0 Å². The normalized spacial score (nSPS) is 11.6. The Morgan fingerprint density at radius 2 is 1.94 bits per heavy atom. The van der Waals surface area contributed by atoms with E-state index in [-0.39, 0.29) is 11.2 Å². The van der Waals surface area contributed by atoms with Gasteiger partial charge in [-0.3, -0.25) is 4.79 Å². The summed E-state index contributed by atoms with van der Waals surface area (Å²) in [6.45, 7) is 12.1. The van der Waals surface area contributed by atoms with Crippen LogP contribution in [0.15, 0.2) is 18.2 Å². The van der Waals surface area contributed by atoms with Crippen LogP contribution in [0.3, 0.4) is 0 Å². The average Bonchev–Trinajstić information content (AvgIpc) is 2.27. The van der Waals surface area contributed by atoms with Crippen LogP contribution in [0, 0.1) is 13.8 Å². The van der Waals surface area contributed by atoms with Crippen LogP contribution in [0.2, 0.25) is 0 Å². The lowest BCUT2D eigenvalue weighted by atomic mass is 9.81. The SMILES string of the molecule is CC(=O)CCNCC(C)(C)c1cc(C)ccc1C. The van der Waals surface area contributed by atoms with Crippen LogP contribution in [0.4, 0.5) is 0 Å². The first-order chi connectivity index (χ1) is 8.33. The smallest absolute Gasteiger partial charge is 0.131 e. The van der Waals surface area contributed by atoms with Crippen LogP contribution in [0.1, 0.15) is 43.9 Å². The molecule has 0 heterocycles. The molecule has 1 aromatic carbocycles. The summed E-state index contributed by atoms with van der Waals surface area (Å²) in [5.41, 5.74) is 4.11. The highest BCUT2D eigenvalue weighted by Gasteiger charge is 2.22. The maximum absolute atomic E-state index is 10.9. The third-order valence-electron chi connectivity index (χ3n) is 3.34. The van der Waals surface area contributed by atoms with E-state index in [1.54, 1.807) is 6.92 Å². The van der Waals surface area contributed by atoms with Gasteiger partial charge in [0.25, 0.3) is 0 Å². The lowest BCUT2D eigenvalue weighted by Crippen LogP contribution is -2.34. The molecule has 0 bridgehead atoms. The molecule has 0 fully saturated rings. The molecule has 0 spiro atoms. The molecule has 0 aliphatic rings. The van der Waals surface area contributed by atoms with E-state index in [2.05, 4.69) is 51.2 Å². The van der Waals surface area contributed by atoms with Crippen LogP contribution in [0.25, 0.3) is 0 Å². The highest BCUT2D eigenvalue weighted by molar-refractivity contribution is 5.75. The van der Waals surface area contributed by atoms with Gasteiger partial charge in [0.15, 0.2) is 0 Å². The number of nitrogens with one attached hydrogen (secondary N) is 1. The van der Waals surface area contributed by atoms with Gasteiger partial charge in [-0.25, -0.2) is 0 Å². The summed E-state index contributed by atoms with van der Waals surface area (Å²) in [7, 11) is 0. The third-order valence-corrected chi connectivity index (χ3v) is 3.34. The summed E-state index contributed by atoms with van der Waals surface area (Å²) >= 11 is 0. The molecule has 2 heteroatoms. The summed E-state index contributed by atoms with van der Waals surface area (Å²) < 4.78 is 0. The molecular formula is C16H25NO. The van der Waals surface area contributed by atoms with E-state index in [0.29, 0.717) is 6.42 Å². The Labute approximate surface area is 111 Å². The molecule has 1 rings (SSSR count). The summed E-state index contributed by atoms with van der Waals surface area (Å²) in [5, 5.41) is 3.38. The predicted molar refractivity (Wildman–Crippen MR) is 77.1 cm³/mol. The lowest BCUT2D eigenvalue weighted by molar-refractivity contribution is -0.116. The van der Waals surface area contributed by atoms with Crippen molar-refractivity contribution in [3.63, 3.8) is 0 Å². The van der Waals surface area contributed by atoms with Gasteiger partial charge in [-0.1, -0.05) is 37.6 Å². The van der Waals surface area contributed by atoms with Crippen LogP contribution in [-0.2, 0) is 10.2 Å². The number of carbonyl (C=O) groups is 1. The minimum atomic E-state index is 0.0902. The lowest BCUT2D eigenvalue weighted by Gasteiger charge is -2.28. The largest absolute Gasteiger partial charge is 0.315 e. The molecule has 0 amide bonds. The topological polar surface area (TPSA) is 29.1 Å². The van der Waals surface area contributed by atoms with Crippen molar-refractivity contribution < 1.29 is 4.79 Å². The minimum Gasteiger partial charge on any atom is -0.315 e. The molecule has 0 radical (unpaired) electrons. The Kier molecular flexibility index (Phi) is 5.09. The second-order valence-electron chi connectivity index (χ2n) is 5.83. The first-order valence-corrected chi connectivity index (χ1v) is 6.61. The monoisotopic (exact) mass is 247 g/mol. The summed E-state index contributed by atoms with van der Waals surface area (Å²) in [6.07, 6.45) is 0.614. The number of ketones is 1. The molecule has 2 nitrogen and oxygen atoms in total. The molecule has 0 atom stereocenters. The van der Waals surface area contributed by atoms with E-state index in [0.717, 1.165) is 13.1 Å². The molecule has 18 heavy (non-hydrogen) atoms. The summed E-state index contributed by atoms with van der Waals surface area (Å²) in [5.74, 6) is 0.243. The van der Waals surface area contributed by atoms with E-state index in [1.165, 1.54) is 16.7 Å². The van der Waals surface area contributed by atoms with E-state index in [9.17, 15) is 4.79 Å². The Morgan fingerprint density at radius 1 is 1.28 bits per heavy atom. The van der Waals surface area contributed by atoms with Gasteiger partial charge in [-0.05, 0) is 31.9 Å². The maximum Gasteiger partial charge on any atom is 0.131 e. The van der Waals surface area contributed by atoms with Crippen molar-refractivity contribution in [2.45, 2.75) is 46.5 Å². The standard InChI is InChI=1S/C16H25NO/c1-12-6-7-13(2)15(10-12)16(4,5)11-17-9-8-14(3)18/h6-7,10,17H,8-9,11H2,1-5H3. The Hall–Kier alpha value is -1.15. The highest BCUT2D eigenvalue weighted by Crippen LogP contribution is 2.26. The quantitative estimate of drug-likeness (QED) is 0.782. The number of rotatable bonds is 6. The van der Waals surface area contributed by atoms with Crippen molar-refractivity contribution in [1.29, 1.82) is 0 Å². The molecular weight excluding hydrogens is 222 g/mol. The van der Waals surface area contributed by atoms with Crippen molar-refractivity contribution in [2.24, 2.45) is 0 Å². The number of hydrogen-bond acceptors (Lipinski definition) is 2. The number of Topliss-reactive ketones (excluding diaryl/α,β-unsaturated/α-hetero) is 1. The summed E-state index contributed by atoms with van der Waals surface area (Å²) in [6, 6.07) is 6.60. The van der Waals surface area contributed by atoms with Crippen LogP contribution >= 0.6 is 0 Å². The van der Waals surface area contributed by atoms with Crippen LogP contribution in [0.5, 0.6) is 0 Å². The fourth-order valence-electron chi connectivity index (χ4n) is 2.23. The van der Waals surface area contributed by atoms with E-state index in [1.807, 2.05) is 0 Å². The maximum atomic E-state index is 10.9. The molecule has 100 valence electrons. The zero-order valence-electron chi connectivity index (χ0n) is 12.3. The number of hydrogen-bond donors (Lipinski definition) is 1. The van der Waals surface area contributed by atoms with Gasteiger partial charge < -0.3 is 5.32 Å².